The molecule has 0 atom stereocenters. The molecule has 0 spiro atoms. The van der Waals surface area contributed by atoms with Crippen LogP contribution in [0.5, 0.6) is 0 Å². The summed E-state index contributed by atoms with van der Waals surface area (Å²) in [5.74, 6) is -0.433. The van der Waals surface area contributed by atoms with Crippen molar-refractivity contribution in [1.82, 2.24) is 5.01 Å². The van der Waals surface area contributed by atoms with Gasteiger partial charge in [-0.1, -0.05) is 18.2 Å². The number of rotatable bonds is 3. The zero-order chi connectivity index (χ0) is 12.1. The van der Waals surface area contributed by atoms with E-state index >= 15 is 0 Å². The summed E-state index contributed by atoms with van der Waals surface area (Å²) in [6.45, 7) is 3.27. The fourth-order valence-electron chi connectivity index (χ4n) is 1.18. The molecule has 1 aromatic carbocycles. The third-order valence-electron chi connectivity index (χ3n) is 1.82. The maximum absolute atomic E-state index is 13.3. The van der Waals surface area contributed by atoms with Gasteiger partial charge in [-0.25, -0.2) is 9.18 Å². The summed E-state index contributed by atoms with van der Waals surface area (Å²) in [5.41, 5.74) is 0.897. The normalized spacial score (nSPS) is 9.69. The Bertz CT molecular complexity index is 414. The lowest BCUT2D eigenvalue weighted by Gasteiger charge is -2.14. The lowest BCUT2D eigenvalue weighted by Crippen LogP contribution is -2.24. The van der Waals surface area contributed by atoms with Gasteiger partial charge in [-0.2, -0.15) is 10.1 Å². The molecular formula is C11H13FN2O2. The number of carboxylic acid groups (broad SMARTS) is 1. The number of halogens is 1. The Morgan fingerprint density at radius 3 is 2.56 bits per heavy atom. The molecule has 16 heavy (non-hydrogen) atoms. The molecule has 0 heterocycles. The van der Waals surface area contributed by atoms with Crippen molar-refractivity contribution in [3.05, 3.63) is 35.6 Å². The van der Waals surface area contributed by atoms with E-state index in [9.17, 15) is 9.18 Å². The second-order valence-electron chi connectivity index (χ2n) is 3.48. The van der Waals surface area contributed by atoms with Crippen molar-refractivity contribution in [2.24, 2.45) is 5.10 Å². The van der Waals surface area contributed by atoms with Crippen LogP contribution < -0.4 is 0 Å². The molecule has 1 N–H and O–H groups in total. The second-order valence-corrected chi connectivity index (χ2v) is 3.48. The van der Waals surface area contributed by atoms with Gasteiger partial charge in [0.15, 0.2) is 0 Å². The highest BCUT2D eigenvalue weighted by molar-refractivity contribution is 5.80. The van der Waals surface area contributed by atoms with Crippen LogP contribution in [0.2, 0.25) is 0 Å². The molecule has 0 fully saturated rings. The number of hydrogen-bond acceptors (Lipinski definition) is 2. The molecule has 86 valence electrons. The Kier molecular flexibility index (Phi) is 3.99. The Morgan fingerprint density at radius 2 is 2.06 bits per heavy atom. The molecule has 0 saturated carbocycles. The molecular weight excluding hydrogens is 211 g/mol. The summed E-state index contributed by atoms with van der Waals surface area (Å²) < 4.78 is 13.3. The zero-order valence-electron chi connectivity index (χ0n) is 9.14. The first-order valence-corrected chi connectivity index (χ1v) is 4.76. The molecule has 0 aliphatic carbocycles. The largest absolute Gasteiger partial charge is 0.464 e. The van der Waals surface area contributed by atoms with Crippen LogP contribution in [0, 0.1) is 5.82 Å². The van der Waals surface area contributed by atoms with E-state index in [0.717, 1.165) is 5.01 Å². The molecule has 0 radical (unpaired) electrons. The Labute approximate surface area is 93.0 Å². The standard InChI is InChI=1S/C11H13FN2O2/c1-8(2)13-14(11(15)16)7-9-5-3-4-6-10(9)12/h3-6H,7H2,1-2H3,(H,15,16). The molecule has 0 unspecified atom stereocenters. The van der Waals surface area contributed by atoms with Gasteiger partial charge < -0.3 is 5.11 Å². The first-order chi connectivity index (χ1) is 7.50. The molecule has 0 bridgehead atoms. The summed E-state index contributed by atoms with van der Waals surface area (Å²) in [6.07, 6.45) is -1.20. The molecule has 0 aromatic heterocycles. The van der Waals surface area contributed by atoms with E-state index in [0.29, 0.717) is 11.3 Å². The van der Waals surface area contributed by atoms with E-state index in [4.69, 9.17) is 5.11 Å². The van der Waals surface area contributed by atoms with Gasteiger partial charge in [-0.15, -0.1) is 0 Å². The van der Waals surface area contributed by atoms with Crippen LogP contribution in [0.3, 0.4) is 0 Å². The first-order valence-electron chi connectivity index (χ1n) is 4.76. The predicted molar refractivity (Wildman–Crippen MR) is 58.8 cm³/mol. The van der Waals surface area contributed by atoms with Gasteiger partial charge in [-0.05, 0) is 19.9 Å². The lowest BCUT2D eigenvalue weighted by molar-refractivity contribution is 0.143. The van der Waals surface area contributed by atoms with Crippen molar-refractivity contribution >= 4 is 11.8 Å². The SMILES string of the molecule is CC(C)=NN(Cc1ccccc1F)C(=O)O. The van der Waals surface area contributed by atoms with Crippen LogP contribution in [-0.4, -0.2) is 21.9 Å². The first kappa shape index (κ1) is 12.2. The zero-order valence-corrected chi connectivity index (χ0v) is 9.14. The van der Waals surface area contributed by atoms with Gasteiger partial charge in [0.25, 0.3) is 0 Å². The van der Waals surface area contributed by atoms with Crippen LogP contribution in [0.25, 0.3) is 0 Å². The van der Waals surface area contributed by atoms with Crippen LogP contribution in [0.4, 0.5) is 9.18 Å². The van der Waals surface area contributed by atoms with E-state index in [1.807, 2.05) is 0 Å². The number of nitrogens with zero attached hydrogens (tertiary/aromatic N) is 2. The second kappa shape index (κ2) is 5.25. The van der Waals surface area contributed by atoms with Crippen molar-refractivity contribution in [2.45, 2.75) is 20.4 Å². The van der Waals surface area contributed by atoms with Gasteiger partial charge in [0.05, 0.1) is 6.54 Å². The summed E-state index contributed by atoms with van der Waals surface area (Å²) in [6, 6.07) is 6.03. The van der Waals surface area contributed by atoms with Gasteiger partial charge in [0, 0.05) is 11.3 Å². The fraction of sp³-hybridized carbons (Fsp3) is 0.273. The number of hydrogen-bond donors (Lipinski definition) is 1. The van der Waals surface area contributed by atoms with E-state index < -0.39 is 11.9 Å². The number of benzene rings is 1. The Hall–Kier alpha value is -1.91. The highest BCUT2D eigenvalue weighted by atomic mass is 19.1. The topological polar surface area (TPSA) is 52.9 Å². The highest BCUT2D eigenvalue weighted by Crippen LogP contribution is 2.10. The molecule has 1 rings (SSSR count). The van der Waals surface area contributed by atoms with Crippen molar-refractivity contribution in [2.75, 3.05) is 0 Å². The van der Waals surface area contributed by atoms with E-state index in [1.54, 1.807) is 26.0 Å². The molecule has 1 aromatic rings. The number of amides is 1. The van der Waals surface area contributed by atoms with Gasteiger partial charge in [0.1, 0.15) is 5.82 Å². The minimum atomic E-state index is -1.20. The van der Waals surface area contributed by atoms with Crippen molar-refractivity contribution in [1.29, 1.82) is 0 Å². The highest BCUT2D eigenvalue weighted by Gasteiger charge is 2.13. The minimum absolute atomic E-state index is 0.0901. The minimum Gasteiger partial charge on any atom is -0.464 e. The Balaban J connectivity index is 2.89. The summed E-state index contributed by atoms with van der Waals surface area (Å²) in [5, 5.41) is 13.5. The van der Waals surface area contributed by atoms with Gasteiger partial charge >= 0.3 is 6.09 Å². The smallest absolute Gasteiger partial charge is 0.428 e. The summed E-state index contributed by atoms with van der Waals surface area (Å²) in [4.78, 5) is 10.8. The quantitative estimate of drug-likeness (QED) is 0.634. The predicted octanol–water partition coefficient (Wildman–Crippen LogP) is 2.70. The molecule has 0 aliphatic heterocycles. The molecule has 4 nitrogen and oxygen atoms in total. The maximum Gasteiger partial charge on any atom is 0.428 e. The van der Waals surface area contributed by atoms with E-state index in [2.05, 4.69) is 5.10 Å². The van der Waals surface area contributed by atoms with Gasteiger partial charge in [0.2, 0.25) is 0 Å². The van der Waals surface area contributed by atoms with E-state index in [1.165, 1.54) is 12.1 Å². The van der Waals surface area contributed by atoms with Gasteiger partial charge in [-0.3, -0.25) is 0 Å². The van der Waals surface area contributed by atoms with Crippen LogP contribution >= 0.6 is 0 Å². The van der Waals surface area contributed by atoms with Crippen molar-refractivity contribution < 1.29 is 14.3 Å². The number of hydrazone groups is 1. The van der Waals surface area contributed by atoms with Crippen LogP contribution in [0.1, 0.15) is 19.4 Å². The molecule has 1 amide bonds. The summed E-state index contributed by atoms with van der Waals surface area (Å²) in [7, 11) is 0. The molecule has 0 saturated heterocycles. The van der Waals surface area contributed by atoms with Crippen LogP contribution in [-0.2, 0) is 6.54 Å². The van der Waals surface area contributed by atoms with E-state index in [-0.39, 0.29) is 6.54 Å². The fourth-order valence-corrected chi connectivity index (χ4v) is 1.18. The number of carbonyl (C=O) groups is 1. The molecule has 5 heteroatoms. The summed E-state index contributed by atoms with van der Waals surface area (Å²) >= 11 is 0. The Morgan fingerprint density at radius 1 is 1.44 bits per heavy atom. The average Bonchev–Trinajstić information content (AvgIpc) is 2.19. The van der Waals surface area contributed by atoms with Crippen LogP contribution in [0.15, 0.2) is 29.4 Å². The third-order valence-corrected chi connectivity index (χ3v) is 1.82. The monoisotopic (exact) mass is 224 g/mol. The average molecular weight is 224 g/mol. The maximum atomic E-state index is 13.3. The third kappa shape index (κ3) is 3.34. The van der Waals surface area contributed by atoms with Crippen molar-refractivity contribution in [3.8, 4) is 0 Å². The van der Waals surface area contributed by atoms with Crippen molar-refractivity contribution in [3.63, 3.8) is 0 Å². The lowest BCUT2D eigenvalue weighted by atomic mass is 10.2. The molecule has 0 aliphatic rings.